The second-order valence-electron chi connectivity index (χ2n) is 3.75. The molecule has 0 spiro atoms. The van der Waals surface area contributed by atoms with Gasteiger partial charge < -0.3 is 26.4 Å². The van der Waals surface area contributed by atoms with E-state index in [0.717, 1.165) is 5.57 Å². The summed E-state index contributed by atoms with van der Waals surface area (Å²) in [4.78, 5) is 0. The lowest BCUT2D eigenvalue weighted by atomic mass is 10.2. The maximum Gasteiger partial charge on any atom is 0.230 e. The SMILES string of the molecule is C=C(C)[C@@H](C)O/C(NC(C)NC)=C(\N)NC. The van der Waals surface area contributed by atoms with Crippen LogP contribution in [0.5, 0.6) is 0 Å². The Morgan fingerprint density at radius 3 is 2.25 bits per heavy atom. The molecule has 2 atom stereocenters. The van der Waals surface area contributed by atoms with Crippen molar-refractivity contribution in [2.45, 2.75) is 33.0 Å². The van der Waals surface area contributed by atoms with Gasteiger partial charge in [-0.15, -0.1) is 0 Å². The molecular weight excluding hydrogens is 204 g/mol. The molecular formula is C11H24N4O. The summed E-state index contributed by atoms with van der Waals surface area (Å²) in [6, 6.07) is 0. The second-order valence-corrected chi connectivity index (χ2v) is 3.75. The number of hydrogen-bond donors (Lipinski definition) is 4. The van der Waals surface area contributed by atoms with Crippen LogP contribution < -0.4 is 21.7 Å². The van der Waals surface area contributed by atoms with Crippen LogP contribution in [0.3, 0.4) is 0 Å². The van der Waals surface area contributed by atoms with E-state index in [4.69, 9.17) is 10.5 Å². The molecule has 94 valence electrons. The van der Waals surface area contributed by atoms with Gasteiger partial charge in [-0.3, -0.25) is 0 Å². The quantitative estimate of drug-likeness (QED) is 0.289. The minimum absolute atomic E-state index is 0.0687. The van der Waals surface area contributed by atoms with Crippen LogP contribution in [0.4, 0.5) is 0 Å². The Bertz CT molecular complexity index is 263. The van der Waals surface area contributed by atoms with Crippen LogP contribution in [0.15, 0.2) is 23.9 Å². The van der Waals surface area contributed by atoms with Gasteiger partial charge in [0.2, 0.25) is 5.88 Å². The zero-order chi connectivity index (χ0) is 12.7. The Morgan fingerprint density at radius 2 is 1.88 bits per heavy atom. The maximum atomic E-state index is 5.79. The predicted octanol–water partition coefficient (Wildman–Crippen LogP) is 0.427. The van der Waals surface area contributed by atoms with Crippen LogP contribution in [0, 0.1) is 0 Å². The van der Waals surface area contributed by atoms with Gasteiger partial charge in [0.15, 0.2) is 5.82 Å². The van der Waals surface area contributed by atoms with Crippen molar-refractivity contribution in [3.05, 3.63) is 23.9 Å². The average molecular weight is 228 g/mol. The van der Waals surface area contributed by atoms with Crippen LogP contribution in [0.1, 0.15) is 20.8 Å². The first-order chi connectivity index (χ1) is 7.42. The Kier molecular flexibility index (Phi) is 6.41. The summed E-state index contributed by atoms with van der Waals surface area (Å²) < 4.78 is 5.68. The van der Waals surface area contributed by atoms with Crippen molar-refractivity contribution >= 4 is 0 Å². The van der Waals surface area contributed by atoms with E-state index in [1.54, 1.807) is 7.05 Å². The highest BCUT2D eigenvalue weighted by Crippen LogP contribution is 2.08. The zero-order valence-corrected chi connectivity index (χ0v) is 10.8. The van der Waals surface area contributed by atoms with E-state index in [-0.39, 0.29) is 12.3 Å². The van der Waals surface area contributed by atoms with Crippen LogP contribution in [0.25, 0.3) is 0 Å². The number of ether oxygens (including phenoxy) is 1. The van der Waals surface area contributed by atoms with E-state index >= 15 is 0 Å². The smallest absolute Gasteiger partial charge is 0.230 e. The number of nitrogens with one attached hydrogen (secondary N) is 3. The number of rotatable bonds is 7. The Hall–Kier alpha value is -1.36. The molecule has 16 heavy (non-hydrogen) atoms. The van der Waals surface area contributed by atoms with Gasteiger partial charge in [-0.05, 0) is 33.4 Å². The minimum Gasteiger partial charge on any atom is -0.469 e. The highest BCUT2D eigenvalue weighted by Gasteiger charge is 2.12. The standard InChI is InChI=1S/C11H24N4O/c1-7(2)8(3)16-11(10(12)14-6)15-9(4)13-5/h8-9,13-15H,1,12H2,2-6H3/b11-10+/t8-,9?/m1/s1. The van der Waals surface area contributed by atoms with Crippen molar-refractivity contribution < 1.29 is 4.74 Å². The van der Waals surface area contributed by atoms with Gasteiger partial charge >= 0.3 is 0 Å². The molecule has 0 fully saturated rings. The maximum absolute atomic E-state index is 5.79. The van der Waals surface area contributed by atoms with E-state index in [2.05, 4.69) is 22.5 Å². The summed E-state index contributed by atoms with van der Waals surface area (Å²) in [7, 11) is 3.60. The average Bonchev–Trinajstić information content (AvgIpc) is 2.26. The molecule has 1 unspecified atom stereocenters. The lowest BCUT2D eigenvalue weighted by molar-refractivity contribution is 0.131. The third kappa shape index (κ3) is 4.93. The Labute approximate surface area is 98.1 Å². The lowest BCUT2D eigenvalue weighted by Crippen LogP contribution is -2.40. The van der Waals surface area contributed by atoms with Crippen molar-refractivity contribution in [2.75, 3.05) is 14.1 Å². The summed E-state index contributed by atoms with van der Waals surface area (Å²) in [5.41, 5.74) is 6.74. The van der Waals surface area contributed by atoms with E-state index in [0.29, 0.717) is 11.7 Å². The molecule has 0 amide bonds. The molecule has 0 aromatic carbocycles. The monoisotopic (exact) mass is 228 g/mol. The first-order valence-corrected chi connectivity index (χ1v) is 5.35. The third-order valence-electron chi connectivity index (χ3n) is 2.28. The summed E-state index contributed by atoms with van der Waals surface area (Å²) >= 11 is 0. The fourth-order valence-electron chi connectivity index (χ4n) is 0.835. The fourth-order valence-corrected chi connectivity index (χ4v) is 0.835. The van der Waals surface area contributed by atoms with Gasteiger partial charge in [0.1, 0.15) is 6.10 Å². The molecule has 0 bridgehead atoms. The van der Waals surface area contributed by atoms with Gasteiger partial charge in [-0.25, -0.2) is 0 Å². The topological polar surface area (TPSA) is 71.3 Å². The van der Waals surface area contributed by atoms with E-state index in [1.165, 1.54) is 0 Å². The van der Waals surface area contributed by atoms with Crippen molar-refractivity contribution in [2.24, 2.45) is 5.73 Å². The van der Waals surface area contributed by atoms with Gasteiger partial charge in [-0.2, -0.15) is 0 Å². The van der Waals surface area contributed by atoms with E-state index in [1.807, 2.05) is 27.8 Å². The van der Waals surface area contributed by atoms with Crippen molar-refractivity contribution in [3.8, 4) is 0 Å². The number of nitrogens with two attached hydrogens (primary N) is 1. The predicted molar refractivity (Wildman–Crippen MR) is 67.3 cm³/mol. The zero-order valence-electron chi connectivity index (χ0n) is 10.8. The molecule has 0 rings (SSSR count). The largest absolute Gasteiger partial charge is 0.469 e. The van der Waals surface area contributed by atoms with Gasteiger partial charge in [0, 0.05) is 7.05 Å². The first-order valence-electron chi connectivity index (χ1n) is 5.35. The molecule has 5 N–H and O–H groups in total. The van der Waals surface area contributed by atoms with Crippen LogP contribution in [-0.2, 0) is 4.74 Å². The molecule has 5 nitrogen and oxygen atoms in total. The van der Waals surface area contributed by atoms with Gasteiger partial charge in [-0.1, -0.05) is 6.58 Å². The molecule has 0 aromatic heterocycles. The molecule has 0 aliphatic heterocycles. The van der Waals surface area contributed by atoms with Crippen LogP contribution >= 0.6 is 0 Å². The molecule has 0 saturated heterocycles. The number of hydrogen-bond acceptors (Lipinski definition) is 5. The molecule has 0 radical (unpaired) electrons. The van der Waals surface area contributed by atoms with Gasteiger partial charge in [0.25, 0.3) is 0 Å². The lowest BCUT2D eigenvalue weighted by Gasteiger charge is -2.23. The fraction of sp³-hybridized carbons (Fsp3) is 0.636. The van der Waals surface area contributed by atoms with Crippen molar-refractivity contribution in [3.63, 3.8) is 0 Å². The van der Waals surface area contributed by atoms with Crippen LogP contribution in [-0.4, -0.2) is 26.4 Å². The molecule has 5 heteroatoms. The normalized spacial score (nSPS) is 15.8. The van der Waals surface area contributed by atoms with E-state index < -0.39 is 0 Å². The third-order valence-corrected chi connectivity index (χ3v) is 2.28. The minimum atomic E-state index is -0.0848. The van der Waals surface area contributed by atoms with E-state index in [9.17, 15) is 0 Å². The molecule has 0 aliphatic carbocycles. The Balaban J connectivity index is 4.64. The summed E-state index contributed by atoms with van der Waals surface area (Å²) in [5.74, 6) is 0.995. The summed E-state index contributed by atoms with van der Waals surface area (Å²) in [6.07, 6.45) is -0.0160. The van der Waals surface area contributed by atoms with Crippen molar-refractivity contribution in [1.82, 2.24) is 16.0 Å². The highest BCUT2D eigenvalue weighted by molar-refractivity contribution is 5.05. The summed E-state index contributed by atoms with van der Waals surface area (Å²) in [6.45, 7) is 9.65. The molecule has 0 heterocycles. The molecule has 0 aromatic rings. The first kappa shape index (κ1) is 14.6. The van der Waals surface area contributed by atoms with Crippen molar-refractivity contribution in [1.29, 1.82) is 0 Å². The summed E-state index contributed by atoms with van der Waals surface area (Å²) in [5, 5.41) is 9.02. The second kappa shape index (κ2) is 7.00. The van der Waals surface area contributed by atoms with Gasteiger partial charge in [0.05, 0.1) is 6.17 Å². The Morgan fingerprint density at radius 1 is 1.31 bits per heavy atom. The molecule has 0 aliphatic rings. The molecule has 0 saturated carbocycles. The van der Waals surface area contributed by atoms with Crippen LogP contribution in [0.2, 0.25) is 0 Å². The highest BCUT2D eigenvalue weighted by atomic mass is 16.5.